The standard InChI is InChI=1S/C19H36/c1-2-18(19-14-8-3-4-9-15-19)16-10-13-17-11-6-5-7-12-17/h17-19H,2-16H2,1H3. The van der Waals surface area contributed by atoms with Crippen molar-refractivity contribution in [2.24, 2.45) is 17.8 Å². The van der Waals surface area contributed by atoms with Gasteiger partial charge in [0.2, 0.25) is 0 Å². The van der Waals surface area contributed by atoms with Crippen LogP contribution in [-0.2, 0) is 0 Å². The van der Waals surface area contributed by atoms with Crippen LogP contribution in [0.15, 0.2) is 0 Å². The summed E-state index contributed by atoms with van der Waals surface area (Å²) in [6.45, 7) is 2.44. The van der Waals surface area contributed by atoms with Crippen molar-refractivity contribution in [3.63, 3.8) is 0 Å². The fraction of sp³-hybridized carbons (Fsp3) is 1.00. The summed E-state index contributed by atoms with van der Waals surface area (Å²) in [6, 6.07) is 0. The van der Waals surface area contributed by atoms with Gasteiger partial charge in [-0.1, -0.05) is 103 Å². The van der Waals surface area contributed by atoms with Gasteiger partial charge in [-0.25, -0.2) is 0 Å². The van der Waals surface area contributed by atoms with Crippen LogP contribution < -0.4 is 0 Å². The number of hydrogen-bond acceptors (Lipinski definition) is 0. The van der Waals surface area contributed by atoms with E-state index in [-0.39, 0.29) is 0 Å². The molecule has 0 bridgehead atoms. The first-order chi connectivity index (χ1) is 9.40. The van der Waals surface area contributed by atoms with Crippen molar-refractivity contribution in [2.45, 2.75) is 103 Å². The molecule has 0 saturated heterocycles. The molecule has 0 heterocycles. The van der Waals surface area contributed by atoms with Gasteiger partial charge in [0, 0.05) is 0 Å². The highest BCUT2D eigenvalue weighted by Gasteiger charge is 2.21. The predicted octanol–water partition coefficient (Wildman–Crippen LogP) is 6.73. The summed E-state index contributed by atoms with van der Waals surface area (Å²) >= 11 is 0. The molecular formula is C19H36. The second-order valence-corrected chi connectivity index (χ2v) is 7.35. The number of rotatable bonds is 6. The fourth-order valence-electron chi connectivity index (χ4n) is 4.70. The molecule has 0 N–H and O–H groups in total. The Bertz CT molecular complexity index is 206. The molecular weight excluding hydrogens is 228 g/mol. The van der Waals surface area contributed by atoms with Crippen molar-refractivity contribution in [1.29, 1.82) is 0 Å². The molecule has 19 heavy (non-hydrogen) atoms. The monoisotopic (exact) mass is 264 g/mol. The topological polar surface area (TPSA) is 0 Å². The molecule has 0 nitrogen and oxygen atoms in total. The third kappa shape index (κ3) is 5.48. The minimum Gasteiger partial charge on any atom is -0.0651 e. The first-order valence-electron chi connectivity index (χ1n) is 9.40. The molecule has 0 amide bonds. The van der Waals surface area contributed by atoms with Crippen LogP contribution in [0, 0.1) is 17.8 Å². The summed E-state index contributed by atoms with van der Waals surface area (Å²) in [5.41, 5.74) is 0. The average molecular weight is 264 g/mol. The van der Waals surface area contributed by atoms with Gasteiger partial charge in [-0.2, -0.15) is 0 Å². The van der Waals surface area contributed by atoms with E-state index in [4.69, 9.17) is 0 Å². The molecule has 0 aromatic rings. The van der Waals surface area contributed by atoms with Gasteiger partial charge in [0.15, 0.2) is 0 Å². The smallest absolute Gasteiger partial charge is 0.0386 e. The normalized spacial score (nSPS) is 25.1. The minimum atomic E-state index is 1.06. The summed E-state index contributed by atoms with van der Waals surface area (Å²) < 4.78 is 0. The quantitative estimate of drug-likeness (QED) is 0.466. The molecule has 2 rings (SSSR count). The maximum Gasteiger partial charge on any atom is -0.0386 e. The van der Waals surface area contributed by atoms with Gasteiger partial charge in [-0.15, -0.1) is 0 Å². The van der Waals surface area contributed by atoms with Gasteiger partial charge >= 0.3 is 0 Å². The summed E-state index contributed by atoms with van der Waals surface area (Å²) in [4.78, 5) is 0. The van der Waals surface area contributed by atoms with Crippen LogP contribution in [0.4, 0.5) is 0 Å². The van der Waals surface area contributed by atoms with Crippen molar-refractivity contribution in [2.75, 3.05) is 0 Å². The first kappa shape index (κ1) is 15.4. The van der Waals surface area contributed by atoms with Crippen LogP contribution in [-0.4, -0.2) is 0 Å². The zero-order chi connectivity index (χ0) is 13.3. The van der Waals surface area contributed by atoms with Crippen molar-refractivity contribution in [3.8, 4) is 0 Å². The Morgan fingerprint density at radius 1 is 0.789 bits per heavy atom. The summed E-state index contributed by atoms with van der Waals surface area (Å²) in [5, 5.41) is 0. The van der Waals surface area contributed by atoms with E-state index < -0.39 is 0 Å². The van der Waals surface area contributed by atoms with Crippen LogP contribution in [0.25, 0.3) is 0 Å². The molecule has 1 unspecified atom stereocenters. The zero-order valence-electron chi connectivity index (χ0n) is 13.3. The Labute approximate surface area is 121 Å². The van der Waals surface area contributed by atoms with Crippen LogP contribution >= 0.6 is 0 Å². The molecule has 0 aromatic carbocycles. The molecule has 112 valence electrons. The maximum absolute atomic E-state index is 2.44. The van der Waals surface area contributed by atoms with Gasteiger partial charge < -0.3 is 0 Å². The lowest BCUT2D eigenvalue weighted by Gasteiger charge is -2.27. The fourth-order valence-corrected chi connectivity index (χ4v) is 4.70. The lowest BCUT2D eigenvalue weighted by Crippen LogP contribution is -2.14. The summed E-state index contributed by atoms with van der Waals surface area (Å²) in [7, 11) is 0. The van der Waals surface area contributed by atoms with Crippen molar-refractivity contribution in [3.05, 3.63) is 0 Å². The Balaban J connectivity index is 1.66. The lowest BCUT2D eigenvalue weighted by atomic mass is 9.79. The summed E-state index contributed by atoms with van der Waals surface area (Å²) in [5.74, 6) is 3.24. The third-order valence-electron chi connectivity index (χ3n) is 6.00. The highest BCUT2D eigenvalue weighted by molar-refractivity contribution is 4.73. The molecule has 2 aliphatic rings. The Kier molecular flexibility index (Phi) is 7.32. The Hall–Kier alpha value is 0. The summed E-state index contributed by atoms with van der Waals surface area (Å²) in [6.07, 6.45) is 22.8. The van der Waals surface area contributed by atoms with E-state index in [1.54, 1.807) is 32.1 Å². The largest absolute Gasteiger partial charge is 0.0651 e. The van der Waals surface area contributed by atoms with Crippen molar-refractivity contribution >= 4 is 0 Å². The van der Waals surface area contributed by atoms with Crippen molar-refractivity contribution in [1.82, 2.24) is 0 Å². The average Bonchev–Trinajstić information content (AvgIpc) is 2.74. The van der Waals surface area contributed by atoms with E-state index in [0.29, 0.717) is 0 Å². The van der Waals surface area contributed by atoms with Crippen LogP contribution in [0.3, 0.4) is 0 Å². The Morgan fingerprint density at radius 2 is 1.37 bits per heavy atom. The molecule has 2 saturated carbocycles. The van der Waals surface area contributed by atoms with Gasteiger partial charge in [-0.3, -0.25) is 0 Å². The van der Waals surface area contributed by atoms with Gasteiger partial charge in [0.05, 0.1) is 0 Å². The minimum absolute atomic E-state index is 1.06. The van der Waals surface area contributed by atoms with E-state index in [9.17, 15) is 0 Å². The predicted molar refractivity (Wildman–Crippen MR) is 85.4 cm³/mol. The molecule has 0 radical (unpaired) electrons. The van der Waals surface area contributed by atoms with Crippen molar-refractivity contribution < 1.29 is 0 Å². The van der Waals surface area contributed by atoms with E-state index in [1.807, 2.05) is 0 Å². The van der Waals surface area contributed by atoms with Crippen LogP contribution in [0.5, 0.6) is 0 Å². The highest BCUT2D eigenvalue weighted by atomic mass is 14.3. The maximum atomic E-state index is 2.44. The van der Waals surface area contributed by atoms with Gasteiger partial charge in [-0.05, 0) is 17.8 Å². The van der Waals surface area contributed by atoms with Gasteiger partial charge in [0.25, 0.3) is 0 Å². The molecule has 1 atom stereocenters. The van der Waals surface area contributed by atoms with E-state index in [1.165, 1.54) is 64.2 Å². The number of hydrogen-bond donors (Lipinski definition) is 0. The van der Waals surface area contributed by atoms with E-state index in [0.717, 1.165) is 17.8 Å². The molecule has 0 aliphatic heterocycles. The third-order valence-corrected chi connectivity index (χ3v) is 6.00. The lowest BCUT2D eigenvalue weighted by molar-refractivity contribution is 0.251. The SMILES string of the molecule is CCC(CCCC1CCCCC1)C1CCCCCC1. The molecule has 2 fully saturated rings. The second-order valence-electron chi connectivity index (χ2n) is 7.35. The van der Waals surface area contributed by atoms with E-state index >= 15 is 0 Å². The van der Waals surface area contributed by atoms with E-state index in [2.05, 4.69) is 6.92 Å². The van der Waals surface area contributed by atoms with Crippen LogP contribution in [0.2, 0.25) is 0 Å². The molecule has 0 aromatic heterocycles. The Morgan fingerprint density at radius 3 is 2.00 bits per heavy atom. The highest BCUT2D eigenvalue weighted by Crippen LogP contribution is 2.35. The first-order valence-corrected chi connectivity index (χ1v) is 9.40. The molecule has 0 heteroatoms. The van der Waals surface area contributed by atoms with Crippen LogP contribution in [0.1, 0.15) is 103 Å². The zero-order valence-corrected chi connectivity index (χ0v) is 13.3. The molecule has 2 aliphatic carbocycles. The molecule has 0 spiro atoms. The second kappa shape index (κ2) is 9.03. The van der Waals surface area contributed by atoms with Gasteiger partial charge in [0.1, 0.15) is 0 Å².